The van der Waals surface area contributed by atoms with Crippen LogP contribution in [-0.4, -0.2) is 57.7 Å². The molecular weight excluding hydrogens is 506 g/mol. The molecule has 3 heterocycles. The minimum Gasteiger partial charge on any atom is -0.493 e. The minimum atomic E-state index is -3.03. The molecule has 1 unspecified atom stereocenters. The second-order valence-electron chi connectivity index (χ2n) is 10.2. The van der Waals surface area contributed by atoms with Gasteiger partial charge in [0, 0.05) is 36.2 Å². The Labute approximate surface area is 223 Å². The van der Waals surface area contributed by atoms with E-state index in [1.54, 1.807) is 13.2 Å². The number of allylic oxidation sites excluding steroid dienone is 1. The van der Waals surface area contributed by atoms with Crippen molar-refractivity contribution in [3.05, 3.63) is 71.0 Å². The van der Waals surface area contributed by atoms with E-state index in [1.165, 1.54) is 6.26 Å². The predicted octanol–water partition coefficient (Wildman–Crippen LogP) is 4.76. The summed E-state index contributed by atoms with van der Waals surface area (Å²) in [5.74, 6) is 1.88. The van der Waals surface area contributed by atoms with Crippen LogP contribution in [0.3, 0.4) is 0 Å². The largest absolute Gasteiger partial charge is 0.493 e. The molecule has 2 aliphatic heterocycles. The average molecular weight is 540 g/mol. The van der Waals surface area contributed by atoms with E-state index in [4.69, 9.17) is 18.6 Å². The summed E-state index contributed by atoms with van der Waals surface area (Å²) >= 11 is 0. The Morgan fingerprint density at radius 1 is 1.16 bits per heavy atom. The number of furan rings is 1. The molecule has 0 radical (unpaired) electrons. The summed E-state index contributed by atoms with van der Waals surface area (Å²) in [4.78, 5) is 14.9. The first-order chi connectivity index (χ1) is 18.2. The van der Waals surface area contributed by atoms with Gasteiger partial charge in [-0.1, -0.05) is 29.8 Å². The standard InChI is InChI=1S/C29H33NO7S/c1-19(18-38(3,32)33)7-8-20-9-10-24-23(15-20)17-35-29(37-24)21-11-13-30(14-12-21)28(31)26-16-22-5-4-6-25(34-2)27(22)36-26/h4-7,9-10,15-16,21,29H,8,11-14,17-18H2,1-3H3/b19-7+. The second kappa shape index (κ2) is 10.8. The first-order valence-electron chi connectivity index (χ1n) is 12.8. The number of ether oxygens (including phenoxy) is 3. The lowest BCUT2D eigenvalue weighted by atomic mass is 9.95. The molecule has 0 saturated carbocycles. The number of carbonyl (C=O) groups is 1. The minimum absolute atomic E-state index is 0.0727. The molecule has 0 N–H and O–H groups in total. The zero-order valence-electron chi connectivity index (χ0n) is 21.9. The van der Waals surface area contributed by atoms with E-state index in [-0.39, 0.29) is 23.9 Å². The number of nitrogens with zero attached hydrogens (tertiary/aromatic N) is 1. The van der Waals surface area contributed by atoms with Gasteiger partial charge in [-0.2, -0.15) is 0 Å². The van der Waals surface area contributed by atoms with Gasteiger partial charge in [0.15, 0.2) is 26.9 Å². The lowest BCUT2D eigenvalue weighted by molar-refractivity contribution is -0.148. The molecule has 38 heavy (non-hydrogen) atoms. The average Bonchev–Trinajstić information content (AvgIpc) is 3.35. The van der Waals surface area contributed by atoms with E-state index in [9.17, 15) is 13.2 Å². The highest BCUT2D eigenvalue weighted by atomic mass is 32.2. The summed E-state index contributed by atoms with van der Waals surface area (Å²) < 4.78 is 46.4. The number of likely N-dealkylation sites (tertiary alicyclic amines) is 1. The summed E-state index contributed by atoms with van der Waals surface area (Å²) in [5.41, 5.74) is 3.49. The van der Waals surface area contributed by atoms with Crippen LogP contribution in [0.5, 0.6) is 11.5 Å². The Bertz CT molecular complexity index is 1470. The van der Waals surface area contributed by atoms with Crippen molar-refractivity contribution in [2.24, 2.45) is 5.92 Å². The monoisotopic (exact) mass is 539 g/mol. The van der Waals surface area contributed by atoms with E-state index in [2.05, 4.69) is 6.07 Å². The number of amides is 1. The number of rotatable bonds is 7. The van der Waals surface area contributed by atoms with Crippen LogP contribution in [0.1, 0.15) is 41.4 Å². The summed E-state index contributed by atoms with van der Waals surface area (Å²) in [6.07, 6.45) is 5.05. The predicted molar refractivity (Wildman–Crippen MR) is 144 cm³/mol. The smallest absolute Gasteiger partial charge is 0.289 e. The molecule has 1 amide bonds. The maximum Gasteiger partial charge on any atom is 0.289 e. The molecule has 9 heteroatoms. The van der Waals surface area contributed by atoms with Gasteiger partial charge < -0.3 is 23.5 Å². The highest BCUT2D eigenvalue weighted by Crippen LogP contribution is 2.34. The van der Waals surface area contributed by atoms with Gasteiger partial charge in [0.05, 0.1) is 19.5 Å². The van der Waals surface area contributed by atoms with Crippen molar-refractivity contribution < 1.29 is 31.8 Å². The molecule has 1 fully saturated rings. The molecule has 202 valence electrons. The van der Waals surface area contributed by atoms with Crippen molar-refractivity contribution >= 4 is 26.7 Å². The fraction of sp³-hybridized carbons (Fsp3) is 0.414. The fourth-order valence-electron chi connectivity index (χ4n) is 5.15. The molecule has 2 aliphatic rings. The summed E-state index contributed by atoms with van der Waals surface area (Å²) in [6, 6.07) is 13.4. The molecule has 3 aromatic rings. The highest BCUT2D eigenvalue weighted by molar-refractivity contribution is 7.90. The van der Waals surface area contributed by atoms with E-state index < -0.39 is 9.84 Å². The lowest BCUT2D eigenvalue weighted by Gasteiger charge is -2.37. The molecule has 0 aliphatic carbocycles. The third-order valence-corrected chi connectivity index (χ3v) is 8.08. The maximum absolute atomic E-state index is 13.1. The number of piperidine rings is 1. The Hall–Kier alpha value is -3.30. The van der Waals surface area contributed by atoms with Crippen LogP contribution in [0.2, 0.25) is 0 Å². The SMILES string of the molecule is COc1cccc2cc(C(=O)N3CCC(C4OCc5cc(C/C=C(\C)CS(C)(=O)=O)ccc5O4)CC3)oc12. The number of fused-ring (bicyclic) bond motifs is 2. The van der Waals surface area contributed by atoms with Crippen molar-refractivity contribution in [1.29, 1.82) is 0 Å². The van der Waals surface area contributed by atoms with Crippen molar-refractivity contribution in [1.82, 2.24) is 4.90 Å². The molecule has 1 saturated heterocycles. The Kier molecular flexibility index (Phi) is 7.49. The van der Waals surface area contributed by atoms with Gasteiger partial charge in [0.2, 0.25) is 6.29 Å². The summed E-state index contributed by atoms with van der Waals surface area (Å²) in [5, 5.41) is 0.841. The first kappa shape index (κ1) is 26.3. The van der Waals surface area contributed by atoms with Gasteiger partial charge in [0.1, 0.15) is 5.75 Å². The van der Waals surface area contributed by atoms with E-state index in [0.717, 1.165) is 40.7 Å². The first-order valence-corrected chi connectivity index (χ1v) is 14.9. The van der Waals surface area contributed by atoms with Gasteiger partial charge in [-0.15, -0.1) is 0 Å². The second-order valence-corrected chi connectivity index (χ2v) is 12.3. The van der Waals surface area contributed by atoms with Crippen molar-refractivity contribution in [3.8, 4) is 11.5 Å². The van der Waals surface area contributed by atoms with Gasteiger partial charge >= 0.3 is 0 Å². The van der Waals surface area contributed by atoms with Crippen LogP contribution in [0.4, 0.5) is 0 Å². The van der Waals surface area contributed by atoms with Crippen LogP contribution in [-0.2, 0) is 27.6 Å². The number of carbonyl (C=O) groups excluding carboxylic acids is 1. The zero-order valence-corrected chi connectivity index (χ0v) is 22.8. The van der Waals surface area contributed by atoms with Crippen LogP contribution < -0.4 is 9.47 Å². The topological polar surface area (TPSA) is 95.3 Å². The molecule has 1 atom stereocenters. The molecule has 2 aromatic carbocycles. The maximum atomic E-state index is 13.1. The molecule has 5 rings (SSSR count). The molecule has 8 nitrogen and oxygen atoms in total. The van der Waals surface area contributed by atoms with Gasteiger partial charge in [0.25, 0.3) is 5.91 Å². The summed E-state index contributed by atoms with van der Waals surface area (Å²) in [6.45, 7) is 3.50. The highest BCUT2D eigenvalue weighted by Gasteiger charge is 2.34. The van der Waals surface area contributed by atoms with Crippen LogP contribution in [0.15, 0.2) is 58.5 Å². The Morgan fingerprint density at radius 2 is 1.95 bits per heavy atom. The van der Waals surface area contributed by atoms with E-state index in [1.807, 2.05) is 48.2 Å². The van der Waals surface area contributed by atoms with E-state index >= 15 is 0 Å². The van der Waals surface area contributed by atoms with Crippen molar-refractivity contribution in [2.75, 3.05) is 32.2 Å². The molecular formula is C29H33NO7S. The number of benzene rings is 2. The number of sulfone groups is 1. The van der Waals surface area contributed by atoms with Crippen molar-refractivity contribution in [3.63, 3.8) is 0 Å². The van der Waals surface area contributed by atoms with E-state index in [0.29, 0.717) is 43.2 Å². The van der Waals surface area contributed by atoms with Crippen LogP contribution >= 0.6 is 0 Å². The number of hydrogen-bond donors (Lipinski definition) is 0. The number of para-hydroxylation sites is 1. The molecule has 0 spiro atoms. The van der Waals surface area contributed by atoms with Gasteiger partial charge in [-0.05, 0) is 56.0 Å². The number of methoxy groups -OCH3 is 1. The van der Waals surface area contributed by atoms with Gasteiger partial charge in [-0.25, -0.2) is 8.42 Å². The third kappa shape index (κ3) is 5.89. The third-order valence-electron chi connectivity index (χ3n) is 7.10. The Balaban J connectivity index is 1.17. The van der Waals surface area contributed by atoms with Crippen LogP contribution in [0, 0.1) is 5.92 Å². The molecule has 0 bridgehead atoms. The lowest BCUT2D eigenvalue weighted by Crippen LogP contribution is -2.44. The summed E-state index contributed by atoms with van der Waals surface area (Å²) in [7, 11) is -1.45. The normalized spacial score (nSPS) is 18.8. The quantitative estimate of drug-likeness (QED) is 0.400. The van der Waals surface area contributed by atoms with Crippen LogP contribution in [0.25, 0.3) is 11.0 Å². The zero-order chi connectivity index (χ0) is 26.9. The van der Waals surface area contributed by atoms with Gasteiger partial charge in [-0.3, -0.25) is 4.79 Å². The Morgan fingerprint density at radius 3 is 2.68 bits per heavy atom. The number of hydrogen-bond acceptors (Lipinski definition) is 7. The van der Waals surface area contributed by atoms with Crippen molar-refractivity contribution in [2.45, 2.75) is 39.1 Å². The molecule has 1 aromatic heterocycles. The fourth-order valence-corrected chi connectivity index (χ4v) is 6.09.